The Bertz CT molecular complexity index is 913. The van der Waals surface area contributed by atoms with E-state index in [9.17, 15) is 14.4 Å². The molecule has 0 saturated heterocycles. The number of halogens is 2. The van der Waals surface area contributed by atoms with E-state index in [2.05, 4.69) is 78.1 Å². The predicted molar refractivity (Wildman–Crippen MR) is 283 cm³/mol. The quantitative estimate of drug-likeness (QED) is 0.0242. The molecule has 2 atom stereocenters. The van der Waals surface area contributed by atoms with Gasteiger partial charge in [0.25, 0.3) is 0 Å². The Balaban J connectivity index is -0.000000829. The smallest absolute Gasteiger partial charge is 0.303 e. The fourth-order valence-corrected chi connectivity index (χ4v) is 9.21. The maximum absolute atomic E-state index is 10.4. The second-order valence-corrected chi connectivity index (χ2v) is 21.3. The summed E-state index contributed by atoms with van der Waals surface area (Å²) in [6.07, 6.45) is 57.0. The van der Waals surface area contributed by atoms with Crippen LogP contribution in [0.5, 0.6) is 0 Å². The monoisotopic (exact) mass is 1090 g/mol. The van der Waals surface area contributed by atoms with Gasteiger partial charge in [-0.15, -0.1) is 0 Å². The minimum absolute atomic E-state index is 0.331. The molecule has 0 aliphatic rings. The summed E-state index contributed by atoms with van der Waals surface area (Å²) in [5, 5.41) is 25.6. The number of carboxylic acid groups (broad SMARTS) is 3. The van der Waals surface area contributed by atoms with E-state index in [0.29, 0.717) is 19.3 Å². The molecule has 364 valence electrons. The van der Waals surface area contributed by atoms with Crippen molar-refractivity contribution in [2.24, 2.45) is 0 Å². The topological polar surface area (TPSA) is 112 Å². The van der Waals surface area contributed by atoms with Crippen LogP contribution in [0, 0.1) is 0 Å². The molecule has 2 unspecified atom stereocenters. The number of alkyl halides is 2. The lowest BCUT2D eigenvalue weighted by Crippen LogP contribution is -1.98. The van der Waals surface area contributed by atoms with Crippen LogP contribution < -0.4 is 0 Å². The van der Waals surface area contributed by atoms with E-state index in [-0.39, 0.29) is 0 Å². The van der Waals surface area contributed by atoms with Gasteiger partial charge in [0.2, 0.25) is 0 Å². The molecule has 0 fully saturated rings. The number of rotatable bonds is 46. The molecule has 0 aliphatic carbocycles. The zero-order valence-electron chi connectivity index (χ0n) is 40.5. The number of unbranched alkanes of at least 4 members (excludes halogenated alkanes) is 30. The normalized spacial score (nSPS) is 12.1. The van der Waals surface area contributed by atoms with E-state index in [1.165, 1.54) is 218 Å². The van der Waals surface area contributed by atoms with Crippen LogP contribution in [0.2, 0.25) is 0 Å². The van der Waals surface area contributed by atoms with Crippen LogP contribution in [-0.4, -0.2) is 41.1 Å². The van der Waals surface area contributed by atoms with Crippen molar-refractivity contribution in [1.82, 2.24) is 0 Å². The summed E-state index contributed by atoms with van der Waals surface area (Å²) in [4.78, 5) is 31.1. The molecule has 0 spiro atoms. The summed E-state index contributed by atoms with van der Waals surface area (Å²) >= 11 is 5.24. The Kier molecular flexibility index (Phi) is 61.3. The standard InChI is InChI=1S/2C18H35IO2.C17H32O2/c1-2-3-4-5-8-11-14-17(19)15-12-9-6-7-10-13-16-18(20)21;1-2-3-4-5-6-8-11-14-17(19)15-12-9-7-10-13-16-18(20)21;1-2-3-4-5-6-7-8-9-10-11-12-13-14-15-16-17(18)19/h2*17H,2-16H2,1H3,(H,20,21);8-9H,2-7,10-16H2,1H3,(H,18,19)/b;;9-8-. The maximum atomic E-state index is 10.4. The van der Waals surface area contributed by atoms with Crippen molar-refractivity contribution in [3.8, 4) is 0 Å². The molecular weight excluding hydrogens is 986 g/mol. The third-order valence-electron chi connectivity index (χ3n) is 11.5. The molecule has 6 nitrogen and oxygen atoms in total. The van der Waals surface area contributed by atoms with Crippen molar-refractivity contribution >= 4 is 63.1 Å². The molecule has 0 aromatic rings. The maximum Gasteiger partial charge on any atom is 0.303 e. The van der Waals surface area contributed by atoms with Gasteiger partial charge in [-0.1, -0.05) is 264 Å². The largest absolute Gasteiger partial charge is 0.481 e. The van der Waals surface area contributed by atoms with Gasteiger partial charge in [-0.05, 0) is 70.6 Å². The number of carbonyl (C=O) groups is 3. The molecular formula is C53H102I2O6. The first-order valence-electron chi connectivity index (χ1n) is 26.2. The van der Waals surface area contributed by atoms with Crippen LogP contribution in [0.3, 0.4) is 0 Å². The van der Waals surface area contributed by atoms with Crippen molar-refractivity contribution in [3.05, 3.63) is 12.2 Å². The van der Waals surface area contributed by atoms with Crippen LogP contribution in [0.4, 0.5) is 0 Å². The lowest BCUT2D eigenvalue weighted by Gasteiger charge is -2.09. The summed E-state index contributed by atoms with van der Waals surface area (Å²) in [6.45, 7) is 6.79. The van der Waals surface area contributed by atoms with Crippen LogP contribution in [0.15, 0.2) is 12.2 Å². The van der Waals surface area contributed by atoms with E-state index in [0.717, 1.165) is 46.4 Å². The van der Waals surface area contributed by atoms with E-state index in [1.54, 1.807) is 0 Å². The van der Waals surface area contributed by atoms with Crippen molar-refractivity contribution in [2.75, 3.05) is 0 Å². The fraction of sp³-hybridized carbons (Fsp3) is 0.906. The molecule has 0 aromatic heterocycles. The van der Waals surface area contributed by atoms with Gasteiger partial charge >= 0.3 is 17.9 Å². The number of hydrogen-bond donors (Lipinski definition) is 3. The Morgan fingerprint density at radius 2 is 0.525 bits per heavy atom. The number of carboxylic acids is 3. The molecule has 3 N–H and O–H groups in total. The number of hydrogen-bond acceptors (Lipinski definition) is 3. The second-order valence-electron chi connectivity index (χ2n) is 17.8. The van der Waals surface area contributed by atoms with Crippen molar-refractivity contribution < 1.29 is 29.7 Å². The molecule has 0 rings (SSSR count). The van der Waals surface area contributed by atoms with Gasteiger partial charge in [-0.3, -0.25) is 14.4 Å². The zero-order valence-corrected chi connectivity index (χ0v) is 44.9. The summed E-state index contributed by atoms with van der Waals surface area (Å²) in [7, 11) is 0. The minimum Gasteiger partial charge on any atom is -0.481 e. The summed E-state index contributed by atoms with van der Waals surface area (Å²) in [5.41, 5.74) is 0. The Morgan fingerprint density at radius 1 is 0.328 bits per heavy atom. The van der Waals surface area contributed by atoms with Crippen molar-refractivity contribution in [1.29, 1.82) is 0 Å². The van der Waals surface area contributed by atoms with E-state index < -0.39 is 17.9 Å². The van der Waals surface area contributed by atoms with Gasteiger partial charge in [-0.2, -0.15) is 0 Å². The first-order valence-corrected chi connectivity index (χ1v) is 28.7. The SMILES string of the molecule is CCCCCCC/C=C\CCCCCCCC(=O)O.CCCCCCCCC(I)CCCCCCCCC(=O)O.CCCCCCCCCC(I)CCCCCCCC(=O)O. The molecule has 0 saturated carbocycles. The molecule has 0 bridgehead atoms. The molecule has 0 heterocycles. The highest BCUT2D eigenvalue weighted by atomic mass is 127. The average Bonchev–Trinajstić information content (AvgIpc) is 3.22. The highest BCUT2D eigenvalue weighted by Gasteiger charge is 2.05. The first kappa shape index (κ1) is 64.9. The fourth-order valence-electron chi connectivity index (χ4n) is 7.45. The molecule has 0 aromatic carbocycles. The van der Waals surface area contributed by atoms with Crippen LogP contribution in [0.25, 0.3) is 0 Å². The summed E-state index contributed by atoms with van der Waals surface area (Å²) in [5.74, 6) is -1.98. The Labute approximate surface area is 406 Å². The van der Waals surface area contributed by atoms with Gasteiger partial charge in [0.1, 0.15) is 0 Å². The molecule has 8 heteroatoms. The third kappa shape index (κ3) is 68.8. The third-order valence-corrected chi connectivity index (χ3v) is 14.0. The molecule has 61 heavy (non-hydrogen) atoms. The minimum atomic E-state index is -0.665. The van der Waals surface area contributed by atoms with Crippen molar-refractivity contribution in [3.63, 3.8) is 0 Å². The highest BCUT2D eigenvalue weighted by molar-refractivity contribution is 14.1. The van der Waals surface area contributed by atoms with E-state index in [4.69, 9.17) is 15.3 Å². The summed E-state index contributed by atoms with van der Waals surface area (Å²) < 4.78 is 1.71. The first-order chi connectivity index (χ1) is 29.6. The van der Waals surface area contributed by atoms with Gasteiger partial charge in [0.05, 0.1) is 0 Å². The van der Waals surface area contributed by atoms with Gasteiger partial charge in [0, 0.05) is 27.1 Å². The Hall–Kier alpha value is -0.390. The average molecular weight is 1090 g/mol. The van der Waals surface area contributed by atoms with Crippen LogP contribution in [0.1, 0.15) is 297 Å². The lowest BCUT2D eigenvalue weighted by atomic mass is 10.0. The second kappa shape index (κ2) is 57.6. The predicted octanol–water partition coefficient (Wildman–Crippen LogP) is 19.2. The molecule has 0 radical (unpaired) electrons. The van der Waals surface area contributed by atoms with Crippen LogP contribution in [-0.2, 0) is 14.4 Å². The highest BCUT2D eigenvalue weighted by Crippen LogP contribution is 2.21. The Morgan fingerprint density at radius 3 is 0.754 bits per heavy atom. The van der Waals surface area contributed by atoms with Gasteiger partial charge < -0.3 is 15.3 Å². The van der Waals surface area contributed by atoms with E-state index in [1.807, 2.05) is 0 Å². The number of aliphatic carboxylic acids is 3. The molecule has 0 aliphatic heterocycles. The van der Waals surface area contributed by atoms with Gasteiger partial charge in [0.15, 0.2) is 0 Å². The number of allylic oxidation sites excluding steroid dienone is 2. The lowest BCUT2D eigenvalue weighted by molar-refractivity contribution is -0.138. The molecule has 0 amide bonds. The summed E-state index contributed by atoms with van der Waals surface area (Å²) in [6, 6.07) is 0. The van der Waals surface area contributed by atoms with Gasteiger partial charge in [-0.25, -0.2) is 0 Å². The van der Waals surface area contributed by atoms with Crippen molar-refractivity contribution in [2.45, 2.75) is 305 Å². The van der Waals surface area contributed by atoms with Crippen LogP contribution >= 0.6 is 45.2 Å². The zero-order chi connectivity index (χ0) is 45.7. The van der Waals surface area contributed by atoms with E-state index >= 15 is 0 Å².